The van der Waals surface area contributed by atoms with E-state index in [4.69, 9.17) is 11.6 Å². The second-order valence-electron chi connectivity index (χ2n) is 2.09. The van der Waals surface area contributed by atoms with Crippen LogP contribution < -0.4 is 5.56 Å². The van der Waals surface area contributed by atoms with E-state index in [1.807, 2.05) is 0 Å². The molecule has 0 unspecified atom stereocenters. The van der Waals surface area contributed by atoms with E-state index in [1.165, 1.54) is 4.57 Å². The first kappa shape index (κ1) is 7.35. The minimum atomic E-state index is -0.0162. The number of aromatic nitrogens is 1. The first-order valence-electron chi connectivity index (χ1n) is 2.97. The van der Waals surface area contributed by atoms with Crippen molar-refractivity contribution in [3.8, 4) is 0 Å². The molecule has 0 bridgehead atoms. The van der Waals surface area contributed by atoms with Gasteiger partial charge in [-0.05, 0) is 13.0 Å². The fourth-order valence-corrected chi connectivity index (χ4v) is 0.939. The first-order chi connectivity index (χ1) is 4.75. The Morgan fingerprint density at radius 2 is 2.40 bits per heavy atom. The highest BCUT2D eigenvalue weighted by Crippen LogP contribution is 1.89. The Morgan fingerprint density at radius 1 is 1.70 bits per heavy atom. The van der Waals surface area contributed by atoms with E-state index in [9.17, 15) is 4.79 Å². The molecule has 0 atom stereocenters. The lowest BCUT2D eigenvalue weighted by Crippen LogP contribution is -2.19. The summed E-state index contributed by atoms with van der Waals surface area (Å²) in [5.41, 5.74) is 0.709. The van der Waals surface area contributed by atoms with Crippen LogP contribution in [0, 0.1) is 6.92 Å². The zero-order chi connectivity index (χ0) is 7.56. The largest absolute Gasteiger partial charge is 0.301 e. The molecular weight excluding hydrogens is 150 g/mol. The van der Waals surface area contributed by atoms with Crippen molar-refractivity contribution in [3.05, 3.63) is 34.2 Å². The van der Waals surface area contributed by atoms with E-state index in [-0.39, 0.29) is 11.6 Å². The highest BCUT2D eigenvalue weighted by molar-refractivity contribution is 6.15. The summed E-state index contributed by atoms with van der Waals surface area (Å²) in [6.07, 6.45) is 1.67. The third-order valence-electron chi connectivity index (χ3n) is 1.34. The number of aryl methyl sites for hydroxylation is 1. The van der Waals surface area contributed by atoms with Gasteiger partial charge in [-0.25, -0.2) is 0 Å². The van der Waals surface area contributed by atoms with E-state index in [0.717, 1.165) is 5.56 Å². The summed E-state index contributed by atoms with van der Waals surface area (Å²) in [4.78, 5) is 11.1. The SMILES string of the molecule is Cc1cccn(CCl)c1=O. The molecule has 0 amide bonds. The predicted molar refractivity (Wildman–Crippen MR) is 41.3 cm³/mol. The Bertz CT molecular complexity index is 279. The smallest absolute Gasteiger partial charge is 0.254 e. The fraction of sp³-hybridized carbons (Fsp3) is 0.286. The average molecular weight is 158 g/mol. The zero-order valence-electron chi connectivity index (χ0n) is 5.67. The van der Waals surface area contributed by atoms with E-state index < -0.39 is 0 Å². The number of nitrogens with zero attached hydrogens (tertiary/aromatic N) is 1. The highest BCUT2D eigenvalue weighted by atomic mass is 35.5. The average Bonchev–Trinajstić information content (AvgIpc) is 1.95. The molecule has 0 radical (unpaired) electrons. The van der Waals surface area contributed by atoms with Crippen LogP contribution in [0.2, 0.25) is 0 Å². The molecule has 0 aliphatic carbocycles. The molecule has 0 aromatic carbocycles. The lowest BCUT2D eigenvalue weighted by Gasteiger charge is -1.98. The molecule has 0 aliphatic heterocycles. The quantitative estimate of drug-likeness (QED) is 0.565. The van der Waals surface area contributed by atoms with E-state index in [0.29, 0.717) is 0 Å². The van der Waals surface area contributed by atoms with E-state index in [2.05, 4.69) is 0 Å². The molecule has 0 spiro atoms. The maximum absolute atomic E-state index is 11.1. The van der Waals surface area contributed by atoms with Gasteiger partial charge >= 0.3 is 0 Å². The maximum Gasteiger partial charge on any atom is 0.254 e. The van der Waals surface area contributed by atoms with Gasteiger partial charge in [0.1, 0.15) is 6.00 Å². The van der Waals surface area contributed by atoms with Gasteiger partial charge in [0.2, 0.25) is 0 Å². The summed E-state index contributed by atoms with van der Waals surface area (Å²) in [7, 11) is 0. The third-order valence-corrected chi connectivity index (χ3v) is 1.60. The summed E-state index contributed by atoms with van der Waals surface area (Å²) in [6, 6.07) is 3.80. The Kier molecular flexibility index (Phi) is 2.12. The van der Waals surface area contributed by atoms with Crippen molar-refractivity contribution in [2.45, 2.75) is 12.9 Å². The second-order valence-corrected chi connectivity index (χ2v) is 2.32. The summed E-state index contributed by atoms with van der Waals surface area (Å²) in [5.74, 6) is 0. The summed E-state index contributed by atoms with van der Waals surface area (Å²) < 4.78 is 1.46. The van der Waals surface area contributed by atoms with Crippen LogP contribution in [0.5, 0.6) is 0 Å². The van der Waals surface area contributed by atoms with Crippen molar-refractivity contribution in [3.63, 3.8) is 0 Å². The molecule has 0 N–H and O–H groups in total. The lowest BCUT2D eigenvalue weighted by atomic mass is 10.3. The van der Waals surface area contributed by atoms with E-state index >= 15 is 0 Å². The standard InChI is InChI=1S/C7H8ClNO/c1-6-3-2-4-9(5-8)7(6)10/h2-4H,5H2,1H3. The normalized spacial score (nSPS) is 9.80. The van der Waals surface area contributed by atoms with Crippen LogP contribution in [0.4, 0.5) is 0 Å². The van der Waals surface area contributed by atoms with Gasteiger partial charge in [0.25, 0.3) is 5.56 Å². The molecule has 3 heteroatoms. The topological polar surface area (TPSA) is 22.0 Å². The molecule has 1 aromatic heterocycles. The lowest BCUT2D eigenvalue weighted by molar-refractivity contribution is 0.821. The molecule has 54 valence electrons. The molecular formula is C7H8ClNO. The molecule has 1 rings (SSSR count). The zero-order valence-corrected chi connectivity index (χ0v) is 6.43. The predicted octanol–water partition coefficient (Wildman–Crippen LogP) is 1.35. The van der Waals surface area contributed by atoms with Crippen LogP contribution in [-0.4, -0.2) is 4.57 Å². The minimum absolute atomic E-state index is 0.0162. The first-order valence-corrected chi connectivity index (χ1v) is 3.51. The number of hydrogen-bond donors (Lipinski definition) is 0. The number of hydrogen-bond acceptors (Lipinski definition) is 1. The van der Waals surface area contributed by atoms with Crippen molar-refractivity contribution in [2.75, 3.05) is 0 Å². The minimum Gasteiger partial charge on any atom is -0.301 e. The van der Waals surface area contributed by atoms with Crippen molar-refractivity contribution in [1.29, 1.82) is 0 Å². The van der Waals surface area contributed by atoms with Gasteiger partial charge in [-0.3, -0.25) is 4.79 Å². The number of rotatable bonds is 1. The molecule has 1 aromatic rings. The molecule has 2 nitrogen and oxygen atoms in total. The Labute approximate surface area is 64.1 Å². The van der Waals surface area contributed by atoms with Gasteiger partial charge in [0.15, 0.2) is 0 Å². The van der Waals surface area contributed by atoms with Gasteiger partial charge in [0, 0.05) is 11.8 Å². The second kappa shape index (κ2) is 2.88. The molecule has 0 fully saturated rings. The third kappa shape index (κ3) is 1.21. The maximum atomic E-state index is 11.1. The summed E-state index contributed by atoms with van der Waals surface area (Å²) in [5, 5.41) is 0. The van der Waals surface area contributed by atoms with Gasteiger partial charge in [-0.1, -0.05) is 6.07 Å². The van der Waals surface area contributed by atoms with Crippen LogP contribution in [0.25, 0.3) is 0 Å². The summed E-state index contributed by atoms with van der Waals surface area (Å²) >= 11 is 5.47. The van der Waals surface area contributed by atoms with Crippen LogP contribution >= 0.6 is 11.6 Å². The van der Waals surface area contributed by atoms with Crippen LogP contribution in [0.3, 0.4) is 0 Å². The molecule has 0 aliphatic rings. The van der Waals surface area contributed by atoms with Crippen molar-refractivity contribution < 1.29 is 0 Å². The van der Waals surface area contributed by atoms with Crippen LogP contribution in [0.1, 0.15) is 5.56 Å². The Morgan fingerprint density at radius 3 is 2.90 bits per heavy atom. The monoisotopic (exact) mass is 157 g/mol. The van der Waals surface area contributed by atoms with Gasteiger partial charge in [0.05, 0.1) is 0 Å². The molecule has 0 saturated heterocycles. The van der Waals surface area contributed by atoms with Gasteiger partial charge < -0.3 is 4.57 Å². The highest BCUT2D eigenvalue weighted by Gasteiger charge is 1.93. The summed E-state index contributed by atoms with van der Waals surface area (Å²) in [6.45, 7) is 1.77. The molecule has 0 saturated carbocycles. The number of alkyl halides is 1. The Hall–Kier alpha value is -0.760. The van der Waals surface area contributed by atoms with Gasteiger partial charge in [-0.15, -0.1) is 11.6 Å². The van der Waals surface area contributed by atoms with E-state index in [1.54, 1.807) is 25.3 Å². The van der Waals surface area contributed by atoms with Gasteiger partial charge in [-0.2, -0.15) is 0 Å². The van der Waals surface area contributed by atoms with Crippen LogP contribution in [0.15, 0.2) is 23.1 Å². The van der Waals surface area contributed by atoms with Crippen molar-refractivity contribution in [2.24, 2.45) is 0 Å². The molecule has 1 heterocycles. The van der Waals surface area contributed by atoms with Crippen LogP contribution in [-0.2, 0) is 6.00 Å². The fourth-order valence-electron chi connectivity index (χ4n) is 0.751. The molecule has 10 heavy (non-hydrogen) atoms. The number of pyridine rings is 1. The van der Waals surface area contributed by atoms with Crippen molar-refractivity contribution >= 4 is 11.6 Å². The Balaban J connectivity index is 3.28. The van der Waals surface area contributed by atoms with Crippen molar-refractivity contribution in [1.82, 2.24) is 4.57 Å². The number of halogens is 1.